The van der Waals surface area contributed by atoms with Crippen LogP contribution in [0.4, 0.5) is 0 Å². The maximum atomic E-state index is 12.7. The van der Waals surface area contributed by atoms with Crippen molar-refractivity contribution in [2.24, 2.45) is 17.3 Å². The molecule has 2 aliphatic rings. The van der Waals surface area contributed by atoms with Crippen molar-refractivity contribution < 1.29 is 14.7 Å². The fraction of sp³-hybridized carbons (Fsp3) is 0.591. The number of Topliss-reactive ketones (excluding diaryl/α,β-unsaturated/α-hetero) is 1. The van der Waals surface area contributed by atoms with Crippen LogP contribution in [0, 0.1) is 28.6 Å². The highest BCUT2D eigenvalue weighted by molar-refractivity contribution is 6.00. The van der Waals surface area contributed by atoms with Gasteiger partial charge < -0.3 is 15.2 Å². The molecule has 2 fully saturated rings. The molecule has 0 bridgehead atoms. The number of carbonyl (C=O) groups excluding carboxylic acids is 2. The summed E-state index contributed by atoms with van der Waals surface area (Å²) in [5.41, 5.74) is 1.40. The van der Waals surface area contributed by atoms with Crippen LogP contribution in [0.1, 0.15) is 67.8 Å². The minimum Gasteiger partial charge on any atom is -0.550 e. The Bertz CT molecular complexity index is 717. The van der Waals surface area contributed by atoms with Crippen LogP contribution in [-0.2, 0) is 4.79 Å². The Kier molecular flexibility index (Phi) is 5.96. The number of carbonyl (C=O) groups is 2. The van der Waals surface area contributed by atoms with Gasteiger partial charge >= 0.3 is 0 Å². The lowest BCUT2D eigenvalue weighted by Crippen LogP contribution is -2.51. The van der Waals surface area contributed by atoms with Crippen molar-refractivity contribution in [2.45, 2.75) is 57.9 Å². The van der Waals surface area contributed by atoms with Gasteiger partial charge in [0, 0.05) is 24.0 Å². The van der Waals surface area contributed by atoms with Crippen molar-refractivity contribution in [3.63, 3.8) is 0 Å². The zero-order chi connectivity index (χ0) is 19.4. The third kappa shape index (κ3) is 4.22. The van der Waals surface area contributed by atoms with E-state index in [2.05, 4.69) is 11.4 Å². The van der Waals surface area contributed by atoms with Gasteiger partial charge in [-0.2, -0.15) is 5.26 Å². The molecular weight excluding hydrogens is 340 g/mol. The standard InChI is InChI=1S/C22H28N2O3/c1-2-18(21(26)27)16-7-10-22(11-8-16)12-9-19(24-14-22)20(25)17-5-3-15(13-23)4-6-17/h3-6,16,18-19,24H,2,7-12,14H2,1H3,(H,26,27)/p-1. The molecule has 2 unspecified atom stereocenters. The maximum Gasteiger partial charge on any atom is 0.179 e. The number of hydrogen-bond donors (Lipinski definition) is 1. The molecule has 1 aromatic rings. The molecule has 1 aliphatic heterocycles. The average molecular weight is 367 g/mol. The van der Waals surface area contributed by atoms with Crippen molar-refractivity contribution in [3.05, 3.63) is 35.4 Å². The van der Waals surface area contributed by atoms with Crippen LogP contribution in [0.3, 0.4) is 0 Å². The molecule has 1 saturated heterocycles. The lowest BCUT2D eigenvalue weighted by atomic mass is 9.63. The summed E-state index contributed by atoms with van der Waals surface area (Å²) in [5, 5.41) is 23.6. The molecule has 1 spiro atoms. The van der Waals surface area contributed by atoms with E-state index in [4.69, 9.17) is 5.26 Å². The number of nitrogens with one attached hydrogen (secondary N) is 1. The molecule has 27 heavy (non-hydrogen) atoms. The highest BCUT2D eigenvalue weighted by Gasteiger charge is 2.41. The summed E-state index contributed by atoms with van der Waals surface area (Å²) in [6.45, 7) is 2.74. The van der Waals surface area contributed by atoms with Gasteiger partial charge in [-0.3, -0.25) is 4.79 Å². The summed E-state index contributed by atoms with van der Waals surface area (Å²) in [4.78, 5) is 24.0. The predicted molar refractivity (Wildman–Crippen MR) is 99.7 cm³/mol. The molecule has 5 nitrogen and oxygen atoms in total. The minimum absolute atomic E-state index is 0.0889. The number of carboxylic acids is 1. The maximum absolute atomic E-state index is 12.7. The molecule has 3 rings (SSSR count). The summed E-state index contributed by atoms with van der Waals surface area (Å²) in [6, 6.07) is 8.71. The third-order valence-corrected chi connectivity index (χ3v) is 6.70. The van der Waals surface area contributed by atoms with Crippen molar-refractivity contribution in [1.82, 2.24) is 5.32 Å². The van der Waals surface area contributed by atoms with E-state index >= 15 is 0 Å². The zero-order valence-electron chi connectivity index (χ0n) is 15.9. The monoisotopic (exact) mass is 367 g/mol. The van der Waals surface area contributed by atoms with Crippen LogP contribution in [-0.4, -0.2) is 24.3 Å². The Morgan fingerprint density at radius 3 is 2.33 bits per heavy atom. The Balaban J connectivity index is 1.55. The van der Waals surface area contributed by atoms with Gasteiger partial charge in [-0.05, 0) is 68.4 Å². The molecule has 2 atom stereocenters. The number of aliphatic carboxylic acids is 1. The fourth-order valence-corrected chi connectivity index (χ4v) is 4.89. The van der Waals surface area contributed by atoms with Crippen LogP contribution in [0.5, 0.6) is 0 Å². The lowest BCUT2D eigenvalue weighted by molar-refractivity contribution is -0.314. The topological polar surface area (TPSA) is 93.0 Å². The van der Waals surface area contributed by atoms with Gasteiger partial charge in [0.1, 0.15) is 0 Å². The van der Waals surface area contributed by atoms with Crippen LogP contribution in [0.15, 0.2) is 24.3 Å². The molecule has 0 amide bonds. The number of nitriles is 1. The normalized spacial score (nSPS) is 29.0. The van der Waals surface area contributed by atoms with Gasteiger partial charge in [0.25, 0.3) is 0 Å². The second kappa shape index (κ2) is 8.22. The minimum atomic E-state index is -0.909. The molecule has 144 valence electrons. The van der Waals surface area contributed by atoms with Crippen molar-refractivity contribution in [2.75, 3.05) is 6.54 Å². The summed E-state index contributed by atoms with van der Waals surface area (Å²) in [6.07, 6.45) is 6.35. The predicted octanol–water partition coefficient (Wildman–Crippen LogP) is 2.45. The number of ketones is 1. The first kappa shape index (κ1) is 19.6. The highest BCUT2D eigenvalue weighted by Crippen LogP contribution is 2.46. The highest BCUT2D eigenvalue weighted by atomic mass is 16.4. The fourth-order valence-electron chi connectivity index (χ4n) is 4.89. The lowest BCUT2D eigenvalue weighted by Gasteiger charge is -2.46. The van der Waals surface area contributed by atoms with Gasteiger partial charge in [-0.1, -0.05) is 19.1 Å². The summed E-state index contributed by atoms with van der Waals surface area (Å²) < 4.78 is 0. The van der Waals surface area contributed by atoms with Gasteiger partial charge in [0.05, 0.1) is 17.7 Å². The SMILES string of the molecule is CCC(C(=O)[O-])C1CCC2(CCC(C(=O)c3ccc(C#N)cc3)NC2)CC1. The van der Waals surface area contributed by atoms with E-state index in [9.17, 15) is 14.7 Å². The molecule has 1 N–H and O–H groups in total. The molecule has 1 heterocycles. The van der Waals surface area contributed by atoms with E-state index in [0.29, 0.717) is 17.5 Å². The first-order valence-electron chi connectivity index (χ1n) is 9.96. The second-order valence-corrected chi connectivity index (χ2v) is 8.20. The first-order valence-corrected chi connectivity index (χ1v) is 9.96. The van der Waals surface area contributed by atoms with Gasteiger partial charge in [0.2, 0.25) is 0 Å². The molecule has 1 aliphatic carbocycles. The largest absolute Gasteiger partial charge is 0.550 e. The van der Waals surface area contributed by atoms with E-state index in [-0.39, 0.29) is 29.1 Å². The smallest absolute Gasteiger partial charge is 0.179 e. The Labute approximate surface area is 160 Å². The third-order valence-electron chi connectivity index (χ3n) is 6.70. The van der Waals surface area contributed by atoms with Crippen LogP contribution < -0.4 is 10.4 Å². The van der Waals surface area contributed by atoms with Crippen molar-refractivity contribution in [1.29, 1.82) is 5.26 Å². The average Bonchev–Trinajstić information content (AvgIpc) is 2.70. The van der Waals surface area contributed by atoms with Crippen LogP contribution in [0.25, 0.3) is 0 Å². The molecule has 0 aromatic heterocycles. The molecule has 1 saturated carbocycles. The van der Waals surface area contributed by atoms with Gasteiger partial charge in [-0.25, -0.2) is 0 Å². The number of carboxylic acid groups (broad SMARTS) is 1. The Hall–Kier alpha value is -2.19. The van der Waals surface area contributed by atoms with Gasteiger partial charge in [0.15, 0.2) is 5.78 Å². The molecule has 0 radical (unpaired) electrons. The van der Waals surface area contributed by atoms with Crippen LogP contribution >= 0.6 is 0 Å². The molecule has 1 aromatic carbocycles. The number of rotatable bonds is 5. The van der Waals surface area contributed by atoms with E-state index in [1.54, 1.807) is 24.3 Å². The summed E-state index contributed by atoms with van der Waals surface area (Å²) in [5.74, 6) is -0.924. The Morgan fingerprint density at radius 2 is 1.85 bits per heavy atom. The number of benzene rings is 1. The van der Waals surface area contributed by atoms with E-state index < -0.39 is 5.97 Å². The van der Waals surface area contributed by atoms with E-state index in [0.717, 1.165) is 45.1 Å². The van der Waals surface area contributed by atoms with Crippen molar-refractivity contribution in [3.8, 4) is 6.07 Å². The quantitative estimate of drug-likeness (QED) is 0.807. The first-order chi connectivity index (χ1) is 13.0. The van der Waals surface area contributed by atoms with Crippen molar-refractivity contribution >= 4 is 11.8 Å². The summed E-state index contributed by atoms with van der Waals surface area (Å²) >= 11 is 0. The van der Waals surface area contributed by atoms with E-state index in [1.807, 2.05) is 6.92 Å². The van der Waals surface area contributed by atoms with Gasteiger partial charge in [-0.15, -0.1) is 0 Å². The molecular formula is C22H27N2O3-. The molecule has 5 heteroatoms. The number of hydrogen-bond acceptors (Lipinski definition) is 5. The van der Waals surface area contributed by atoms with E-state index in [1.165, 1.54) is 0 Å². The Morgan fingerprint density at radius 1 is 1.22 bits per heavy atom. The second-order valence-electron chi connectivity index (χ2n) is 8.20. The summed E-state index contributed by atoms with van der Waals surface area (Å²) in [7, 11) is 0. The number of nitrogens with zero attached hydrogens (tertiary/aromatic N) is 1. The zero-order valence-corrected chi connectivity index (χ0v) is 15.9. The van der Waals surface area contributed by atoms with Crippen LogP contribution in [0.2, 0.25) is 0 Å². The number of piperidine rings is 1.